The first-order valence-corrected chi connectivity index (χ1v) is 13.0. The van der Waals surface area contributed by atoms with Crippen LogP contribution in [0, 0.1) is 5.92 Å². The maximum Gasteiger partial charge on any atom is 0.418 e. The van der Waals surface area contributed by atoms with E-state index in [1.807, 2.05) is 10.3 Å². The fourth-order valence-electron chi connectivity index (χ4n) is 5.18. The standard InChI is InChI=1S/C24H32F6N6O5/c1-39-12-15(33-17-10-32-34-22(38)20(17)24(28,29)30)13-40-6-3-19(37)35-4-5-36-16(11-35)2-7-41-18-8-14(23(25,26)27)9-31-21(18)36/h8-9,15-17,20,32-33H,2-7,10-13H2,1H3,(H,34,38)/t15-,16+,17?,20?/m0/s1. The number of alkyl halides is 6. The van der Waals surface area contributed by atoms with Crippen molar-refractivity contribution in [3.05, 3.63) is 17.8 Å². The number of pyridine rings is 1. The van der Waals surface area contributed by atoms with Crippen LogP contribution in [0.15, 0.2) is 12.3 Å². The lowest BCUT2D eigenvalue weighted by atomic mass is 9.96. The van der Waals surface area contributed by atoms with Crippen molar-refractivity contribution in [3.63, 3.8) is 0 Å². The summed E-state index contributed by atoms with van der Waals surface area (Å²) < 4.78 is 95.7. The molecule has 3 N–H and O–H groups in total. The predicted molar refractivity (Wildman–Crippen MR) is 131 cm³/mol. The van der Waals surface area contributed by atoms with Gasteiger partial charge in [-0.15, -0.1) is 0 Å². The van der Waals surface area contributed by atoms with Gasteiger partial charge in [0, 0.05) is 51.9 Å². The first-order chi connectivity index (χ1) is 19.4. The number of amides is 2. The van der Waals surface area contributed by atoms with Crippen LogP contribution in [0.5, 0.6) is 5.75 Å². The molecule has 4 rings (SSSR count). The van der Waals surface area contributed by atoms with E-state index in [1.165, 1.54) is 7.11 Å². The Balaban J connectivity index is 1.26. The monoisotopic (exact) mass is 598 g/mol. The lowest BCUT2D eigenvalue weighted by molar-refractivity contribution is -0.193. The average molecular weight is 599 g/mol. The van der Waals surface area contributed by atoms with E-state index < -0.39 is 41.8 Å². The minimum atomic E-state index is -4.74. The van der Waals surface area contributed by atoms with E-state index in [-0.39, 0.29) is 57.1 Å². The van der Waals surface area contributed by atoms with Gasteiger partial charge in [0.1, 0.15) is 0 Å². The number of carbonyl (C=O) groups is 2. The van der Waals surface area contributed by atoms with Crippen LogP contribution in [0.2, 0.25) is 0 Å². The third-order valence-corrected chi connectivity index (χ3v) is 7.14. The number of rotatable bonds is 9. The molecule has 4 heterocycles. The number of hydrogen-bond acceptors (Lipinski definition) is 9. The molecule has 2 saturated heterocycles. The van der Waals surface area contributed by atoms with Gasteiger partial charge in [0.2, 0.25) is 11.8 Å². The highest BCUT2D eigenvalue weighted by Gasteiger charge is 2.51. The molecule has 17 heteroatoms. The number of carbonyl (C=O) groups excluding carboxylic acids is 2. The molecule has 2 unspecified atom stereocenters. The highest BCUT2D eigenvalue weighted by atomic mass is 19.4. The van der Waals surface area contributed by atoms with E-state index in [4.69, 9.17) is 14.2 Å². The number of nitrogens with zero attached hydrogens (tertiary/aromatic N) is 3. The van der Waals surface area contributed by atoms with Crippen LogP contribution in [0.25, 0.3) is 0 Å². The smallest absolute Gasteiger partial charge is 0.418 e. The van der Waals surface area contributed by atoms with Crippen molar-refractivity contribution in [1.29, 1.82) is 0 Å². The summed E-state index contributed by atoms with van der Waals surface area (Å²) in [5, 5.41) is 2.78. The number of aromatic nitrogens is 1. The van der Waals surface area contributed by atoms with E-state index >= 15 is 0 Å². The van der Waals surface area contributed by atoms with Gasteiger partial charge < -0.3 is 29.3 Å². The molecule has 4 atom stereocenters. The van der Waals surface area contributed by atoms with Crippen LogP contribution in [0.1, 0.15) is 18.4 Å². The summed E-state index contributed by atoms with van der Waals surface area (Å²) in [6.07, 6.45) is -8.01. The molecule has 0 radical (unpaired) electrons. The fourth-order valence-corrected chi connectivity index (χ4v) is 5.18. The van der Waals surface area contributed by atoms with E-state index in [0.29, 0.717) is 31.9 Å². The highest BCUT2D eigenvalue weighted by molar-refractivity contribution is 5.80. The molecule has 0 saturated carbocycles. The lowest BCUT2D eigenvalue weighted by Crippen LogP contribution is -2.65. The first kappa shape index (κ1) is 31.1. The molecule has 1 aromatic rings. The molecule has 3 aliphatic rings. The Morgan fingerprint density at radius 2 is 2.02 bits per heavy atom. The van der Waals surface area contributed by atoms with Crippen LogP contribution in [-0.4, -0.2) is 106 Å². The predicted octanol–water partition coefficient (Wildman–Crippen LogP) is 1.09. The Morgan fingerprint density at radius 1 is 1.24 bits per heavy atom. The molecular weight excluding hydrogens is 566 g/mol. The number of piperazine rings is 1. The minimum Gasteiger partial charge on any atom is -0.490 e. The first-order valence-electron chi connectivity index (χ1n) is 13.0. The molecule has 2 fully saturated rings. The normalized spacial score (nSPS) is 24.1. The van der Waals surface area contributed by atoms with Crippen LogP contribution < -0.4 is 25.8 Å². The summed E-state index contributed by atoms with van der Waals surface area (Å²) in [5.41, 5.74) is 3.54. The highest BCUT2D eigenvalue weighted by Crippen LogP contribution is 2.38. The minimum absolute atomic E-state index is 0.00539. The number of nitrogens with one attached hydrogen (secondary N) is 3. The Morgan fingerprint density at radius 3 is 2.73 bits per heavy atom. The molecule has 0 bridgehead atoms. The maximum absolute atomic E-state index is 13.4. The van der Waals surface area contributed by atoms with E-state index in [0.717, 1.165) is 12.3 Å². The topological polar surface area (TPSA) is 117 Å². The number of fused-ring (bicyclic) bond motifs is 3. The van der Waals surface area contributed by atoms with Crippen molar-refractivity contribution < 1.29 is 50.1 Å². The Bertz CT molecular complexity index is 1080. The van der Waals surface area contributed by atoms with Gasteiger partial charge in [0.25, 0.3) is 0 Å². The molecule has 11 nitrogen and oxygen atoms in total. The van der Waals surface area contributed by atoms with Crippen molar-refractivity contribution in [2.75, 3.05) is 64.6 Å². The van der Waals surface area contributed by atoms with Gasteiger partial charge in [-0.3, -0.25) is 15.0 Å². The second kappa shape index (κ2) is 13.0. The van der Waals surface area contributed by atoms with Crippen LogP contribution in [0.3, 0.4) is 0 Å². The van der Waals surface area contributed by atoms with Gasteiger partial charge in [0.05, 0.1) is 50.5 Å². The van der Waals surface area contributed by atoms with E-state index in [9.17, 15) is 35.9 Å². The number of methoxy groups -OCH3 is 1. The zero-order valence-corrected chi connectivity index (χ0v) is 22.2. The number of hydrazine groups is 1. The van der Waals surface area contributed by atoms with Crippen molar-refractivity contribution in [2.45, 2.75) is 43.3 Å². The third-order valence-electron chi connectivity index (χ3n) is 7.14. The van der Waals surface area contributed by atoms with Gasteiger partial charge >= 0.3 is 12.4 Å². The molecule has 0 aromatic carbocycles. The molecule has 3 aliphatic heterocycles. The molecule has 41 heavy (non-hydrogen) atoms. The van der Waals surface area contributed by atoms with Crippen molar-refractivity contribution in [2.24, 2.45) is 5.92 Å². The second-order valence-corrected chi connectivity index (χ2v) is 10.0. The molecular formula is C24H32F6N6O5. The molecule has 2 amide bonds. The lowest BCUT2D eigenvalue weighted by Gasteiger charge is -2.41. The fraction of sp³-hybridized carbons (Fsp3) is 0.708. The average Bonchev–Trinajstić information content (AvgIpc) is 3.08. The van der Waals surface area contributed by atoms with Gasteiger partial charge in [-0.25, -0.2) is 10.4 Å². The van der Waals surface area contributed by atoms with Crippen molar-refractivity contribution in [1.82, 2.24) is 26.1 Å². The van der Waals surface area contributed by atoms with E-state index in [1.54, 1.807) is 4.90 Å². The van der Waals surface area contributed by atoms with Crippen LogP contribution >= 0.6 is 0 Å². The van der Waals surface area contributed by atoms with Gasteiger partial charge in [-0.1, -0.05) is 0 Å². The maximum atomic E-state index is 13.4. The Kier molecular flexibility index (Phi) is 9.81. The Hall–Kier alpha value is -2.89. The second-order valence-electron chi connectivity index (χ2n) is 10.0. The Labute approximate surface area is 231 Å². The van der Waals surface area contributed by atoms with Crippen LogP contribution in [-0.2, 0) is 25.2 Å². The SMILES string of the molecule is COC[C@@H](COCCC(=O)N1CCN2c3ncc(C(F)(F)F)cc3OCC[C@@H]2C1)NC1CNNC(=O)C1C(F)(F)F. The summed E-state index contributed by atoms with van der Waals surface area (Å²) >= 11 is 0. The molecule has 0 aliphatic carbocycles. The summed E-state index contributed by atoms with van der Waals surface area (Å²) in [7, 11) is 1.38. The third kappa shape index (κ3) is 7.69. The van der Waals surface area contributed by atoms with Gasteiger partial charge in [0.15, 0.2) is 17.5 Å². The summed E-state index contributed by atoms with van der Waals surface area (Å²) in [6.45, 7) is 0.984. The van der Waals surface area contributed by atoms with Crippen molar-refractivity contribution >= 4 is 17.6 Å². The quantitative estimate of drug-likeness (QED) is 0.284. The zero-order chi connectivity index (χ0) is 29.8. The summed E-state index contributed by atoms with van der Waals surface area (Å²) in [4.78, 5) is 32.2. The van der Waals surface area contributed by atoms with E-state index in [2.05, 4.69) is 15.7 Å². The number of hydrogen-bond donors (Lipinski definition) is 3. The van der Waals surface area contributed by atoms with Gasteiger partial charge in [-0.2, -0.15) is 26.3 Å². The summed E-state index contributed by atoms with van der Waals surface area (Å²) in [6, 6.07) is -1.17. The van der Waals surface area contributed by atoms with Gasteiger partial charge in [-0.05, 0) is 6.07 Å². The van der Waals surface area contributed by atoms with Crippen molar-refractivity contribution in [3.8, 4) is 5.75 Å². The zero-order valence-electron chi connectivity index (χ0n) is 22.2. The number of anilines is 1. The number of halogens is 6. The molecule has 1 aromatic heterocycles. The molecule has 230 valence electrons. The summed E-state index contributed by atoms with van der Waals surface area (Å²) in [5.74, 6) is -3.26. The largest absolute Gasteiger partial charge is 0.490 e. The number of ether oxygens (including phenoxy) is 3. The molecule has 0 spiro atoms. The van der Waals surface area contributed by atoms with Crippen LogP contribution in [0.4, 0.5) is 32.2 Å².